The fourth-order valence-electron chi connectivity index (χ4n) is 1.29. The van der Waals surface area contributed by atoms with E-state index in [0.717, 1.165) is 0 Å². The van der Waals surface area contributed by atoms with Gasteiger partial charge in [-0.3, -0.25) is 10.1 Å². The fourth-order valence-corrected chi connectivity index (χ4v) is 1.29. The van der Waals surface area contributed by atoms with Crippen LogP contribution >= 0.6 is 0 Å². The van der Waals surface area contributed by atoms with Gasteiger partial charge in [-0.1, -0.05) is 6.07 Å². The van der Waals surface area contributed by atoms with Gasteiger partial charge in [-0.2, -0.15) is 0 Å². The Morgan fingerprint density at radius 3 is 2.81 bits per heavy atom. The number of hydrogen-bond donors (Lipinski definition) is 1. The molecule has 2 rings (SSSR count). The first-order valence-electron chi connectivity index (χ1n) is 4.39. The second-order valence-electron chi connectivity index (χ2n) is 3.18. The molecule has 0 aliphatic rings. The molecule has 0 bridgehead atoms. The van der Waals surface area contributed by atoms with Gasteiger partial charge >= 0.3 is 5.76 Å². The van der Waals surface area contributed by atoms with Crippen LogP contribution in [0.1, 0.15) is 5.56 Å². The van der Waals surface area contributed by atoms with Gasteiger partial charge in [-0.25, -0.2) is 9.89 Å². The molecular formula is C9H7N3O4. The standard InChI is InChI=1S/C9H7N3O4/c1-5-2-3-6(4-7(5)12(14)15)8-10-11-9(13)16-8/h2-4H,1H3,(H,11,13). The van der Waals surface area contributed by atoms with Crippen molar-refractivity contribution in [3.63, 3.8) is 0 Å². The lowest BCUT2D eigenvalue weighted by molar-refractivity contribution is -0.385. The van der Waals surface area contributed by atoms with Crippen LogP contribution in [0.5, 0.6) is 0 Å². The van der Waals surface area contributed by atoms with E-state index in [2.05, 4.69) is 10.2 Å². The van der Waals surface area contributed by atoms with Crippen molar-refractivity contribution in [3.8, 4) is 11.5 Å². The summed E-state index contributed by atoms with van der Waals surface area (Å²) in [4.78, 5) is 20.9. The van der Waals surface area contributed by atoms with E-state index in [1.165, 1.54) is 6.07 Å². The maximum absolute atomic E-state index is 10.7. The van der Waals surface area contributed by atoms with Crippen LogP contribution in [0, 0.1) is 17.0 Å². The van der Waals surface area contributed by atoms with Crippen LogP contribution in [0.2, 0.25) is 0 Å². The Hall–Kier alpha value is -2.44. The van der Waals surface area contributed by atoms with Crippen molar-refractivity contribution >= 4 is 5.69 Å². The normalized spacial score (nSPS) is 10.3. The van der Waals surface area contributed by atoms with Crippen molar-refractivity contribution in [2.45, 2.75) is 6.92 Å². The minimum Gasteiger partial charge on any atom is -0.388 e. The van der Waals surface area contributed by atoms with Gasteiger partial charge in [0.2, 0.25) is 5.89 Å². The second-order valence-corrected chi connectivity index (χ2v) is 3.18. The molecule has 16 heavy (non-hydrogen) atoms. The highest BCUT2D eigenvalue weighted by atomic mass is 16.6. The zero-order valence-corrected chi connectivity index (χ0v) is 8.26. The van der Waals surface area contributed by atoms with Crippen molar-refractivity contribution < 1.29 is 9.34 Å². The summed E-state index contributed by atoms with van der Waals surface area (Å²) < 4.78 is 4.70. The Morgan fingerprint density at radius 2 is 2.25 bits per heavy atom. The summed E-state index contributed by atoms with van der Waals surface area (Å²) in [7, 11) is 0. The first-order chi connectivity index (χ1) is 7.58. The SMILES string of the molecule is Cc1ccc(-c2n[nH]c(=O)o2)cc1[N+](=O)[O-]. The molecule has 1 aromatic carbocycles. The topological polar surface area (TPSA) is 102 Å². The van der Waals surface area contributed by atoms with Crippen LogP contribution in [0.3, 0.4) is 0 Å². The number of nitro groups is 1. The van der Waals surface area contributed by atoms with Gasteiger partial charge in [0.1, 0.15) is 0 Å². The highest BCUT2D eigenvalue weighted by Crippen LogP contribution is 2.24. The number of hydrogen-bond acceptors (Lipinski definition) is 5. The zero-order valence-electron chi connectivity index (χ0n) is 8.26. The molecule has 0 saturated heterocycles. The van der Waals surface area contributed by atoms with Crippen LogP contribution < -0.4 is 5.76 Å². The van der Waals surface area contributed by atoms with E-state index in [1.807, 2.05) is 0 Å². The summed E-state index contributed by atoms with van der Waals surface area (Å²) >= 11 is 0. The third-order valence-electron chi connectivity index (χ3n) is 2.09. The van der Waals surface area contributed by atoms with Gasteiger partial charge in [0.05, 0.1) is 4.92 Å². The Labute approximate surface area is 88.9 Å². The second kappa shape index (κ2) is 3.61. The minimum atomic E-state index is -0.696. The van der Waals surface area contributed by atoms with E-state index in [9.17, 15) is 14.9 Å². The third-order valence-corrected chi connectivity index (χ3v) is 2.09. The van der Waals surface area contributed by atoms with Crippen molar-refractivity contribution in [1.29, 1.82) is 0 Å². The molecule has 0 radical (unpaired) electrons. The van der Waals surface area contributed by atoms with E-state index < -0.39 is 10.7 Å². The zero-order chi connectivity index (χ0) is 11.7. The van der Waals surface area contributed by atoms with Gasteiger partial charge in [0.25, 0.3) is 5.69 Å². The third kappa shape index (κ3) is 1.70. The van der Waals surface area contributed by atoms with Gasteiger partial charge < -0.3 is 4.42 Å². The lowest BCUT2D eigenvalue weighted by atomic mass is 10.1. The van der Waals surface area contributed by atoms with E-state index in [1.54, 1.807) is 19.1 Å². The molecule has 82 valence electrons. The van der Waals surface area contributed by atoms with Crippen molar-refractivity contribution in [1.82, 2.24) is 10.2 Å². The quantitative estimate of drug-likeness (QED) is 0.607. The fraction of sp³-hybridized carbons (Fsp3) is 0.111. The number of aromatic nitrogens is 2. The van der Waals surface area contributed by atoms with Crippen LogP contribution in [-0.2, 0) is 0 Å². The number of aromatic amines is 1. The van der Waals surface area contributed by atoms with Gasteiger partial charge in [-0.15, -0.1) is 5.10 Å². The van der Waals surface area contributed by atoms with Crippen LogP contribution in [0.4, 0.5) is 5.69 Å². The molecular weight excluding hydrogens is 214 g/mol. The monoisotopic (exact) mass is 221 g/mol. The van der Waals surface area contributed by atoms with Crippen molar-refractivity contribution in [2.75, 3.05) is 0 Å². The summed E-state index contributed by atoms with van der Waals surface area (Å²) in [6, 6.07) is 4.48. The average molecular weight is 221 g/mol. The van der Waals surface area contributed by atoms with Gasteiger partial charge in [-0.05, 0) is 13.0 Å². The highest BCUT2D eigenvalue weighted by molar-refractivity contribution is 5.59. The average Bonchev–Trinajstić information content (AvgIpc) is 2.65. The Kier molecular flexibility index (Phi) is 2.28. The number of H-pyrrole nitrogens is 1. The Balaban J connectivity index is 2.55. The smallest absolute Gasteiger partial charge is 0.388 e. The van der Waals surface area contributed by atoms with E-state index >= 15 is 0 Å². The van der Waals surface area contributed by atoms with Crippen LogP contribution in [0.15, 0.2) is 27.4 Å². The predicted molar refractivity (Wildman–Crippen MR) is 54.0 cm³/mol. The molecule has 1 heterocycles. The number of rotatable bonds is 2. The number of nitrogens with zero attached hydrogens (tertiary/aromatic N) is 2. The van der Waals surface area contributed by atoms with E-state index in [0.29, 0.717) is 11.1 Å². The molecule has 1 aromatic heterocycles. The van der Waals surface area contributed by atoms with Gasteiger partial charge in [0, 0.05) is 17.2 Å². The summed E-state index contributed by atoms with van der Waals surface area (Å²) in [5.41, 5.74) is 0.880. The molecule has 7 heteroatoms. The van der Waals surface area contributed by atoms with E-state index in [-0.39, 0.29) is 11.6 Å². The largest absolute Gasteiger partial charge is 0.434 e. The van der Waals surface area contributed by atoms with Crippen LogP contribution in [-0.4, -0.2) is 15.1 Å². The molecule has 0 aliphatic heterocycles. The number of benzene rings is 1. The number of nitro benzene ring substituents is 1. The molecule has 0 unspecified atom stereocenters. The maximum atomic E-state index is 10.7. The molecule has 7 nitrogen and oxygen atoms in total. The summed E-state index contributed by atoms with van der Waals surface area (Å²) in [6.45, 7) is 1.63. The predicted octanol–water partition coefficient (Wildman–Crippen LogP) is 1.25. The summed E-state index contributed by atoms with van der Waals surface area (Å²) in [5.74, 6) is -0.661. The summed E-state index contributed by atoms with van der Waals surface area (Å²) in [6.07, 6.45) is 0. The molecule has 1 N–H and O–H groups in total. The number of nitrogens with one attached hydrogen (secondary N) is 1. The lowest BCUT2D eigenvalue weighted by Gasteiger charge is -1.98. The van der Waals surface area contributed by atoms with Crippen molar-refractivity contribution in [3.05, 3.63) is 44.4 Å². The molecule has 0 amide bonds. The van der Waals surface area contributed by atoms with E-state index in [4.69, 9.17) is 4.42 Å². The van der Waals surface area contributed by atoms with Gasteiger partial charge in [0.15, 0.2) is 0 Å². The molecule has 0 fully saturated rings. The lowest BCUT2D eigenvalue weighted by Crippen LogP contribution is -1.93. The Morgan fingerprint density at radius 1 is 1.50 bits per heavy atom. The number of aryl methyl sites for hydroxylation is 1. The molecule has 0 saturated carbocycles. The van der Waals surface area contributed by atoms with Crippen molar-refractivity contribution in [2.24, 2.45) is 0 Å². The van der Waals surface area contributed by atoms with Crippen LogP contribution in [0.25, 0.3) is 11.5 Å². The molecule has 2 aromatic rings. The Bertz CT molecular complexity index is 599. The first kappa shape index (κ1) is 10.1. The molecule has 0 spiro atoms. The highest BCUT2D eigenvalue weighted by Gasteiger charge is 2.14. The molecule has 0 atom stereocenters. The maximum Gasteiger partial charge on any atom is 0.434 e. The summed E-state index contributed by atoms with van der Waals surface area (Å²) in [5, 5.41) is 16.4. The minimum absolute atomic E-state index is 0.0353. The molecule has 0 aliphatic carbocycles. The first-order valence-corrected chi connectivity index (χ1v) is 4.39.